The van der Waals surface area contributed by atoms with Crippen LogP contribution in [0, 0.1) is 11.8 Å². The highest BCUT2D eigenvalue weighted by Crippen LogP contribution is 2.00. The van der Waals surface area contributed by atoms with Crippen molar-refractivity contribution in [3.8, 4) is 11.8 Å². The van der Waals surface area contributed by atoms with Gasteiger partial charge in [-0.3, -0.25) is 0 Å². The van der Waals surface area contributed by atoms with Crippen molar-refractivity contribution in [3.05, 3.63) is 0 Å². The van der Waals surface area contributed by atoms with Gasteiger partial charge in [0.2, 0.25) is 0 Å². The fourth-order valence-electron chi connectivity index (χ4n) is 0.471. The average Bonchev–Trinajstić information content (AvgIpc) is 2.09. The molecule has 14 heavy (non-hydrogen) atoms. The Balaban J connectivity index is 3.98. The van der Waals surface area contributed by atoms with Gasteiger partial charge in [-0.15, -0.1) is 0 Å². The lowest BCUT2D eigenvalue weighted by molar-refractivity contribution is -0.136. The summed E-state index contributed by atoms with van der Waals surface area (Å²) in [4.78, 5) is 21.5. The second-order valence-corrected chi connectivity index (χ2v) is 9.29. The van der Waals surface area contributed by atoms with Crippen LogP contribution in [-0.4, -0.2) is 33.4 Å². The van der Waals surface area contributed by atoms with E-state index in [0.717, 1.165) is 0 Å². The molecule has 0 N–H and O–H groups in total. The van der Waals surface area contributed by atoms with Crippen molar-refractivity contribution in [3.63, 3.8) is 0 Å². The highest BCUT2D eigenvalue weighted by atomic mass is 28.3. The van der Waals surface area contributed by atoms with Crippen LogP contribution in [0.15, 0.2) is 0 Å². The summed E-state index contributed by atoms with van der Waals surface area (Å²) in [6, 6.07) is 0. The molecule has 0 aromatic rings. The van der Waals surface area contributed by atoms with Crippen molar-refractivity contribution in [2.75, 3.05) is 13.3 Å². The molecular formula is C9H14O4Si. The van der Waals surface area contributed by atoms with Gasteiger partial charge in [-0.1, -0.05) is 19.6 Å². The number of esters is 2. The summed E-state index contributed by atoms with van der Waals surface area (Å²) >= 11 is 0. The first kappa shape index (κ1) is 12.7. The molecule has 4 nitrogen and oxygen atoms in total. The number of methoxy groups -OCH3 is 1. The molecule has 5 heteroatoms. The van der Waals surface area contributed by atoms with Crippen LogP contribution in [0.5, 0.6) is 0 Å². The van der Waals surface area contributed by atoms with Crippen LogP contribution >= 0.6 is 0 Å². The third-order valence-corrected chi connectivity index (χ3v) is 2.10. The molecule has 0 saturated carbocycles. The Morgan fingerprint density at radius 2 is 1.64 bits per heavy atom. The number of carbonyl (C=O) groups is 2. The highest BCUT2D eigenvalue weighted by molar-refractivity contribution is 6.76. The molecule has 0 aliphatic rings. The topological polar surface area (TPSA) is 52.6 Å². The summed E-state index contributed by atoms with van der Waals surface area (Å²) in [6.45, 7) is 6.19. The first-order valence-electron chi connectivity index (χ1n) is 4.12. The monoisotopic (exact) mass is 214 g/mol. The number of hydrogen-bond donors (Lipinski definition) is 0. The van der Waals surface area contributed by atoms with Gasteiger partial charge in [0, 0.05) is 11.8 Å². The van der Waals surface area contributed by atoms with Gasteiger partial charge < -0.3 is 9.47 Å². The van der Waals surface area contributed by atoms with Crippen LogP contribution in [-0.2, 0) is 19.1 Å². The van der Waals surface area contributed by atoms with Gasteiger partial charge in [0.1, 0.15) is 0 Å². The summed E-state index contributed by atoms with van der Waals surface area (Å²) in [6.07, 6.45) is 0.404. The van der Waals surface area contributed by atoms with Gasteiger partial charge in [0.05, 0.1) is 21.4 Å². The summed E-state index contributed by atoms with van der Waals surface area (Å²) < 4.78 is 9.08. The maximum atomic E-state index is 10.9. The largest absolute Gasteiger partial charge is 0.460 e. The smallest absolute Gasteiger partial charge is 0.384 e. The summed E-state index contributed by atoms with van der Waals surface area (Å²) in [5.41, 5.74) is 0. The van der Waals surface area contributed by atoms with E-state index in [-0.39, 0.29) is 0 Å². The van der Waals surface area contributed by atoms with Crippen molar-refractivity contribution in [1.82, 2.24) is 0 Å². The third kappa shape index (κ3) is 7.37. The molecule has 0 saturated heterocycles. The second-order valence-electron chi connectivity index (χ2n) is 3.88. The Labute approximate surface area is 84.6 Å². The van der Waals surface area contributed by atoms with Gasteiger partial charge in [-0.05, 0) is 0 Å². The van der Waals surface area contributed by atoms with Crippen LogP contribution < -0.4 is 0 Å². The molecule has 0 heterocycles. The second kappa shape index (κ2) is 5.45. The maximum absolute atomic E-state index is 10.9. The molecule has 0 unspecified atom stereocenters. The summed E-state index contributed by atoms with van der Waals surface area (Å²) in [7, 11) is -0.213. The molecule has 78 valence electrons. The Bertz CT molecular complexity index is 279. The Morgan fingerprint density at radius 1 is 1.14 bits per heavy atom. The number of ether oxygens (including phenoxy) is 2. The van der Waals surface area contributed by atoms with Crippen LogP contribution in [0.3, 0.4) is 0 Å². The van der Waals surface area contributed by atoms with E-state index in [0.29, 0.717) is 6.23 Å². The molecule has 0 bridgehead atoms. The van der Waals surface area contributed by atoms with Crippen LogP contribution in [0.4, 0.5) is 0 Å². The SMILES string of the molecule is COC(=O)C#CC(=O)OC[Si](C)(C)C. The minimum Gasteiger partial charge on any atom is -0.460 e. The van der Waals surface area contributed by atoms with Crippen LogP contribution in [0.25, 0.3) is 0 Å². The van der Waals surface area contributed by atoms with E-state index in [1.807, 2.05) is 11.8 Å². The quantitative estimate of drug-likeness (QED) is 0.292. The van der Waals surface area contributed by atoms with E-state index in [4.69, 9.17) is 4.74 Å². The first-order chi connectivity index (χ1) is 6.35. The number of carbonyl (C=O) groups excluding carboxylic acids is 2. The third-order valence-electron chi connectivity index (χ3n) is 1.09. The van der Waals surface area contributed by atoms with Gasteiger partial charge in [0.25, 0.3) is 0 Å². The lowest BCUT2D eigenvalue weighted by Crippen LogP contribution is -2.29. The molecule has 0 spiro atoms. The summed E-state index contributed by atoms with van der Waals surface area (Å²) in [5, 5.41) is 0. The maximum Gasteiger partial charge on any atom is 0.384 e. The molecule has 0 fully saturated rings. The summed E-state index contributed by atoms with van der Waals surface area (Å²) in [5.74, 6) is 2.62. The minimum atomic E-state index is -1.41. The predicted molar refractivity (Wildman–Crippen MR) is 54.1 cm³/mol. The average molecular weight is 214 g/mol. The zero-order valence-corrected chi connectivity index (χ0v) is 9.84. The zero-order chi connectivity index (χ0) is 11.2. The standard InChI is InChI=1S/C9H14O4Si/c1-12-8(10)5-6-9(11)13-7-14(2,3)4/h7H2,1-4H3. The lowest BCUT2D eigenvalue weighted by Gasteiger charge is -2.13. The fourth-order valence-corrected chi connectivity index (χ4v) is 1.04. The van der Waals surface area contributed by atoms with E-state index in [9.17, 15) is 9.59 Å². The van der Waals surface area contributed by atoms with Gasteiger partial charge in [-0.2, -0.15) is 0 Å². The van der Waals surface area contributed by atoms with Crippen LogP contribution in [0.1, 0.15) is 0 Å². The van der Waals surface area contributed by atoms with Crippen LogP contribution in [0.2, 0.25) is 19.6 Å². The molecular weight excluding hydrogens is 200 g/mol. The van der Waals surface area contributed by atoms with Gasteiger partial charge in [0.15, 0.2) is 0 Å². The molecule has 0 amide bonds. The normalized spacial score (nSPS) is 9.71. The van der Waals surface area contributed by atoms with E-state index in [1.54, 1.807) is 0 Å². The molecule has 0 aliphatic heterocycles. The molecule has 0 aromatic heterocycles. The molecule has 0 aromatic carbocycles. The lowest BCUT2D eigenvalue weighted by atomic mass is 10.6. The predicted octanol–water partition coefficient (Wildman–Crippen LogP) is 0.583. The Kier molecular flexibility index (Phi) is 4.95. The number of hydrogen-bond acceptors (Lipinski definition) is 4. The van der Waals surface area contributed by atoms with Crippen molar-refractivity contribution >= 4 is 20.0 Å². The van der Waals surface area contributed by atoms with Gasteiger partial charge >= 0.3 is 11.9 Å². The van der Waals surface area contributed by atoms with Crippen molar-refractivity contribution < 1.29 is 19.1 Å². The van der Waals surface area contributed by atoms with E-state index in [2.05, 4.69) is 24.4 Å². The van der Waals surface area contributed by atoms with Crippen molar-refractivity contribution in [1.29, 1.82) is 0 Å². The van der Waals surface area contributed by atoms with Gasteiger partial charge in [-0.25, -0.2) is 9.59 Å². The minimum absolute atomic E-state index is 0.404. The van der Waals surface area contributed by atoms with Crippen molar-refractivity contribution in [2.45, 2.75) is 19.6 Å². The van der Waals surface area contributed by atoms with E-state index < -0.39 is 20.0 Å². The molecule has 0 rings (SSSR count). The highest BCUT2D eigenvalue weighted by Gasteiger charge is 2.15. The Hall–Kier alpha value is -1.28. The first-order valence-corrected chi connectivity index (χ1v) is 7.82. The zero-order valence-electron chi connectivity index (χ0n) is 8.84. The molecule has 0 aliphatic carbocycles. The Morgan fingerprint density at radius 3 is 2.07 bits per heavy atom. The number of rotatable bonds is 2. The fraction of sp³-hybridized carbons (Fsp3) is 0.556. The molecule has 0 radical (unpaired) electrons. The van der Waals surface area contributed by atoms with Crippen molar-refractivity contribution in [2.24, 2.45) is 0 Å². The van der Waals surface area contributed by atoms with E-state index >= 15 is 0 Å². The van der Waals surface area contributed by atoms with E-state index in [1.165, 1.54) is 7.11 Å². The molecule has 0 atom stereocenters.